The molecule has 0 spiro atoms. The van der Waals surface area contributed by atoms with Gasteiger partial charge in [-0.3, -0.25) is 9.10 Å². The summed E-state index contributed by atoms with van der Waals surface area (Å²) in [5.74, 6) is -0.328. The van der Waals surface area contributed by atoms with Gasteiger partial charge in [-0.25, -0.2) is 8.42 Å². The molecule has 1 N–H and O–H groups in total. The fourth-order valence-electron chi connectivity index (χ4n) is 2.81. The van der Waals surface area contributed by atoms with E-state index in [0.29, 0.717) is 5.69 Å². The van der Waals surface area contributed by atoms with Crippen LogP contribution >= 0.6 is 0 Å². The Labute approximate surface area is 156 Å². The molecule has 140 valence electrons. The lowest BCUT2D eigenvalue weighted by Gasteiger charge is -2.25. The zero-order chi connectivity index (χ0) is 19.3. The van der Waals surface area contributed by atoms with Crippen LogP contribution in [0.25, 0.3) is 0 Å². The first-order valence-electron chi connectivity index (χ1n) is 8.61. The number of anilines is 1. The molecule has 0 radical (unpaired) electrons. The number of nitrogens with zero attached hydrogens (tertiary/aromatic N) is 1. The highest BCUT2D eigenvalue weighted by Crippen LogP contribution is 2.22. The van der Waals surface area contributed by atoms with Crippen molar-refractivity contribution in [3.63, 3.8) is 0 Å². The Morgan fingerprint density at radius 2 is 1.69 bits per heavy atom. The molecule has 0 heterocycles. The first-order chi connectivity index (χ1) is 12.2. The van der Waals surface area contributed by atoms with Crippen molar-refractivity contribution < 1.29 is 13.2 Å². The van der Waals surface area contributed by atoms with Crippen LogP contribution in [-0.2, 0) is 14.8 Å². The number of carbonyl (C=O) groups excluding carboxylic acids is 1. The molecule has 6 heteroatoms. The maximum absolute atomic E-state index is 12.6. The highest BCUT2D eigenvalue weighted by Gasteiger charge is 2.23. The first-order valence-corrected chi connectivity index (χ1v) is 10.5. The van der Waals surface area contributed by atoms with Crippen molar-refractivity contribution in [3.8, 4) is 0 Å². The van der Waals surface area contributed by atoms with E-state index >= 15 is 0 Å². The summed E-state index contributed by atoms with van der Waals surface area (Å²) in [6.45, 7) is 5.58. The molecule has 0 fully saturated rings. The Balaban J connectivity index is 2.19. The van der Waals surface area contributed by atoms with Crippen molar-refractivity contribution in [1.29, 1.82) is 0 Å². The van der Waals surface area contributed by atoms with Crippen molar-refractivity contribution in [3.05, 3.63) is 65.2 Å². The van der Waals surface area contributed by atoms with Crippen LogP contribution in [0.15, 0.2) is 48.5 Å². The van der Waals surface area contributed by atoms with E-state index in [-0.39, 0.29) is 18.5 Å². The average Bonchev–Trinajstić information content (AvgIpc) is 2.58. The summed E-state index contributed by atoms with van der Waals surface area (Å²) in [6, 6.07) is 15.0. The number of sulfonamides is 1. The number of amides is 1. The highest BCUT2D eigenvalue weighted by molar-refractivity contribution is 7.92. The molecule has 0 aliphatic rings. The van der Waals surface area contributed by atoms with E-state index in [2.05, 4.69) is 5.32 Å². The fraction of sp³-hybridized carbons (Fsp3) is 0.350. The summed E-state index contributed by atoms with van der Waals surface area (Å²) in [6.07, 6.45) is 1.84. The normalized spacial score (nSPS) is 12.5. The molecule has 0 aromatic heterocycles. The molecule has 0 aliphatic carbocycles. The van der Waals surface area contributed by atoms with Crippen LogP contribution in [0, 0.1) is 13.8 Å². The standard InChI is InChI=1S/C20H26N2O3S/c1-5-18(17-12-10-15(2)11-13-17)21-20(23)14-22(26(4,24)25)19-9-7-6-8-16(19)3/h6-13,18H,5,14H2,1-4H3,(H,21,23)/t18-/m0/s1. The van der Waals surface area contributed by atoms with Crippen molar-refractivity contribution in [2.75, 3.05) is 17.1 Å². The number of hydrogen-bond donors (Lipinski definition) is 1. The second-order valence-corrected chi connectivity index (χ2v) is 8.40. The zero-order valence-electron chi connectivity index (χ0n) is 15.7. The van der Waals surface area contributed by atoms with Gasteiger partial charge in [-0.2, -0.15) is 0 Å². The SMILES string of the molecule is CC[C@H](NC(=O)CN(c1ccccc1C)S(C)(=O)=O)c1ccc(C)cc1. The topological polar surface area (TPSA) is 66.5 Å². The van der Waals surface area contributed by atoms with Gasteiger partial charge in [-0.05, 0) is 37.5 Å². The molecule has 5 nitrogen and oxygen atoms in total. The van der Waals surface area contributed by atoms with Gasteiger partial charge >= 0.3 is 0 Å². The quantitative estimate of drug-likeness (QED) is 0.808. The monoisotopic (exact) mass is 374 g/mol. The van der Waals surface area contributed by atoms with Crippen molar-refractivity contribution >= 4 is 21.6 Å². The zero-order valence-corrected chi connectivity index (χ0v) is 16.5. The minimum atomic E-state index is -3.58. The molecule has 0 aliphatic heterocycles. The van der Waals surface area contributed by atoms with Crippen LogP contribution in [0.3, 0.4) is 0 Å². The third-order valence-corrected chi connectivity index (χ3v) is 5.42. The third kappa shape index (κ3) is 5.08. The maximum atomic E-state index is 12.6. The molecule has 0 saturated heterocycles. The summed E-state index contributed by atoms with van der Waals surface area (Å²) in [5.41, 5.74) is 3.48. The van der Waals surface area contributed by atoms with Crippen LogP contribution in [0.1, 0.15) is 36.1 Å². The van der Waals surface area contributed by atoms with Crippen LogP contribution in [0.5, 0.6) is 0 Å². The molecular formula is C20H26N2O3S. The van der Waals surface area contributed by atoms with E-state index in [4.69, 9.17) is 0 Å². The van der Waals surface area contributed by atoms with Gasteiger partial charge in [0.05, 0.1) is 18.0 Å². The molecule has 0 unspecified atom stereocenters. The Morgan fingerprint density at radius 3 is 2.23 bits per heavy atom. The van der Waals surface area contributed by atoms with E-state index in [0.717, 1.165) is 33.7 Å². The van der Waals surface area contributed by atoms with Crippen LogP contribution < -0.4 is 9.62 Å². The van der Waals surface area contributed by atoms with Crippen LogP contribution in [0.2, 0.25) is 0 Å². The molecule has 1 amide bonds. The van der Waals surface area contributed by atoms with Gasteiger partial charge in [0.2, 0.25) is 15.9 Å². The van der Waals surface area contributed by atoms with E-state index in [9.17, 15) is 13.2 Å². The van der Waals surface area contributed by atoms with Gasteiger partial charge in [0.1, 0.15) is 6.54 Å². The number of para-hydroxylation sites is 1. The van der Waals surface area contributed by atoms with Gasteiger partial charge in [0.15, 0.2) is 0 Å². The van der Waals surface area contributed by atoms with Crippen molar-refractivity contribution in [2.45, 2.75) is 33.2 Å². The largest absolute Gasteiger partial charge is 0.348 e. The van der Waals surface area contributed by atoms with Crippen molar-refractivity contribution in [2.24, 2.45) is 0 Å². The predicted octanol–water partition coefficient (Wildman–Crippen LogP) is 3.34. The average molecular weight is 375 g/mol. The van der Waals surface area contributed by atoms with E-state index in [1.165, 1.54) is 0 Å². The highest BCUT2D eigenvalue weighted by atomic mass is 32.2. The van der Waals surface area contributed by atoms with Gasteiger partial charge < -0.3 is 5.32 Å². The van der Waals surface area contributed by atoms with E-state index in [1.807, 2.05) is 57.2 Å². The summed E-state index contributed by atoms with van der Waals surface area (Å²) in [7, 11) is -3.58. The van der Waals surface area contributed by atoms with Gasteiger partial charge in [0, 0.05) is 0 Å². The maximum Gasteiger partial charge on any atom is 0.241 e. The molecule has 1 atom stereocenters. The molecule has 2 aromatic carbocycles. The summed E-state index contributed by atoms with van der Waals surface area (Å²) in [5, 5.41) is 2.95. The minimum absolute atomic E-state index is 0.151. The Kier molecular flexibility index (Phi) is 6.42. The van der Waals surface area contributed by atoms with E-state index < -0.39 is 10.0 Å². The Morgan fingerprint density at radius 1 is 1.08 bits per heavy atom. The summed E-state index contributed by atoms with van der Waals surface area (Å²) >= 11 is 0. The van der Waals surface area contributed by atoms with E-state index in [1.54, 1.807) is 12.1 Å². The van der Waals surface area contributed by atoms with Crippen LogP contribution in [-0.4, -0.2) is 27.1 Å². The third-order valence-electron chi connectivity index (χ3n) is 4.29. The number of rotatable bonds is 7. The Hall–Kier alpha value is -2.34. The minimum Gasteiger partial charge on any atom is -0.348 e. The lowest BCUT2D eigenvalue weighted by molar-refractivity contribution is -0.120. The molecule has 0 bridgehead atoms. The second-order valence-electron chi connectivity index (χ2n) is 6.50. The molecule has 2 rings (SSSR count). The smallest absolute Gasteiger partial charge is 0.241 e. The summed E-state index contributed by atoms with van der Waals surface area (Å²) in [4.78, 5) is 12.6. The van der Waals surface area contributed by atoms with Gasteiger partial charge in [0.25, 0.3) is 0 Å². The molecule has 0 saturated carbocycles. The fourth-order valence-corrected chi connectivity index (χ4v) is 3.73. The molecule has 26 heavy (non-hydrogen) atoms. The second kappa shape index (κ2) is 8.36. The van der Waals surface area contributed by atoms with Gasteiger partial charge in [-0.1, -0.05) is 55.0 Å². The van der Waals surface area contributed by atoms with Crippen molar-refractivity contribution in [1.82, 2.24) is 5.32 Å². The van der Waals surface area contributed by atoms with Gasteiger partial charge in [-0.15, -0.1) is 0 Å². The lowest BCUT2D eigenvalue weighted by atomic mass is 10.0. The lowest BCUT2D eigenvalue weighted by Crippen LogP contribution is -2.41. The molecular weight excluding hydrogens is 348 g/mol. The number of carbonyl (C=O) groups is 1. The summed E-state index contributed by atoms with van der Waals surface area (Å²) < 4.78 is 25.6. The number of benzene rings is 2. The predicted molar refractivity (Wildman–Crippen MR) is 106 cm³/mol. The first kappa shape index (κ1) is 20.0. The number of aryl methyl sites for hydroxylation is 2. The Bertz CT molecular complexity index is 861. The van der Waals surface area contributed by atoms with Crippen LogP contribution in [0.4, 0.5) is 5.69 Å². The number of nitrogens with one attached hydrogen (secondary N) is 1. The molecule has 2 aromatic rings. The number of hydrogen-bond acceptors (Lipinski definition) is 3.